The van der Waals surface area contributed by atoms with Crippen molar-refractivity contribution in [3.8, 4) is 28.0 Å². The van der Waals surface area contributed by atoms with Crippen molar-refractivity contribution in [2.24, 2.45) is 0 Å². The maximum absolute atomic E-state index is 13.0. The number of pyridine rings is 1. The van der Waals surface area contributed by atoms with Gasteiger partial charge in [0.05, 0.1) is 31.9 Å². The number of hydrogen-bond acceptors (Lipinski definition) is 5. The molecule has 6 nitrogen and oxygen atoms in total. The highest BCUT2D eigenvalue weighted by Gasteiger charge is 2.26. The molecule has 4 rings (SSSR count). The smallest absolute Gasteiger partial charge is 0.355 e. The fraction of sp³-hybridized carbons (Fsp3) is 0.154. The number of carbonyl (C=O) groups is 2. The third-order valence-electron chi connectivity index (χ3n) is 5.25. The Morgan fingerprint density at radius 2 is 1.44 bits per heavy atom. The van der Waals surface area contributed by atoms with Gasteiger partial charge in [-0.05, 0) is 42.3 Å². The summed E-state index contributed by atoms with van der Waals surface area (Å²) >= 11 is 0. The van der Waals surface area contributed by atoms with Gasteiger partial charge in [-0.25, -0.2) is 9.59 Å². The van der Waals surface area contributed by atoms with Crippen molar-refractivity contribution in [2.75, 3.05) is 20.8 Å². The molecule has 0 N–H and O–H groups in total. The van der Waals surface area contributed by atoms with Crippen LogP contribution >= 0.6 is 0 Å². The molecule has 2 aromatic heterocycles. The summed E-state index contributed by atoms with van der Waals surface area (Å²) < 4.78 is 17.3. The van der Waals surface area contributed by atoms with Gasteiger partial charge in [-0.1, -0.05) is 42.5 Å². The van der Waals surface area contributed by atoms with Gasteiger partial charge >= 0.3 is 11.9 Å². The summed E-state index contributed by atoms with van der Waals surface area (Å²) in [6.45, 7) is 2.49. The van der Waals surface area contributed by atoms with Crippen LogP contribution in [0.5, 0.6) is 5.75 Å². The molecule has 32 heavy (non-hydrogen) atoms. The highest BCUT2D eigenvalue weighted by Crippen LogP contribution is 2.41. The van der Waals surface area contributed by atoms with E-state index >= 15 is 0 Å². The van der Waals surface area contributed by atoms with Crippen molar-refractivity contribution in [3.05, 3.63) is 84.2 Å². The number of ether oxygens (including phenoxy) is 3. The fourth-order valence-electron chi connectivity index (χ4n) is 3.85. The third kappa shape index (κ3) is 3.71. The maximum Gasteiger partial charge on any atom is 0.355 e. The van der Waals surface area contributed by atoms with Gasteiger partial charge in [0.1, 0.15) is 11.4 Å². The number of aromatic nitrogens is 1. The van der Waals surface area contributed by atoms with E-state index in [2.05, 4.69) is 0 Å². The molecule has 2 heterocycles. The lowest BCUT2D eigenvalue weighted by molar-refractivity contribution is 0.0583. The lowest BCUT2D eigenvalue weighted by Crippen LogP contribution is -2.09. The second-order valence-corrected chi connectivity index (χ2v) is 7.08. The lowest BCUT2D eigenvalue weighted by atomic mass is 9.95. The van der Waals surface area contributed by atoms with Crippen LogP contribution in [0.25, 0.3) is 27.8 Å². The Morgan fingerprint density at radius 3 is 2.06 bits per heavy atom. The summed E-state index contributed by atoms with van der Waals surface area (Å²) in [6, 6.07) is 20.9. The fourth-order valence-corrected chi connectivity index (χ4v) is 3.85. The van der Waals surface area contributed by atoms with Gasteiger partial charge in [0, 0.05) is 17.3 Å². The molecule has 0 aliphatic heterocycles. The normalized spacial score (nSPS) is 10.7. The largest absolute Gasteiger partial charge is 0.494 e. The first-order chi connectivity index (χ1) is 15.6. The molecule has 0 unspecified atom stereocenters. The van der Waals surface area contributed by atoms with Crippen LogP contribution < -0.4 is 4.74 Å². The molecule has 0 saturated heterocycles. The lowest BCUT2D eigenvalue weighted by Gasteiger charge is -2.09. The van der Waals surface area contributed by atoms with Crippen molar-refractivity contribution in [2.45, 2.75) is 6.92 Å². The van der Waals surface area contributed by atoms with Crippen LogP contribution in [0.1, 0.15) is 27.8 Å². The van der Waals surface area contributed by atoms with E-state index in [0.29, 0.717) is 23.4 Å². The number of benzene rings is 2. The van der Waals surface area contributed by atoms with Crippen LogP contribution in [-0.4, -0.2) is 37.2 Å². The van der Waals surface area contributed by atoms with Gasteiger partial charge in [-0.2, -0.15) is 0 Å². The Labute approximate surface area is 186 Å². The molecule has 0 amide bonds. The molecule has 6 heteroatoms. The first-order valence-electron chi connectivity index (χ1n) is 10.2. The molecule has 0 spiro atoms. The van der Waals surface area contributed by atoms with Crippen molar-refractivity contribution < 1.29 is 23.8 Å². The minimum atomic E-state index is -0.506. The van der Waals surface area contributed by atoms with Crippen molar-refractivity contribution in [3.63, 3.8) is 0 Å². The van der Waals surface area contributed by atoms with Crippen LogP contribution in [-0.2, 0) is 9.47 Å². The number of carbonyl (C=O) groups excluding carboxylic acids is 2. The number of fused-ring (bicyclic) bond motifs is 1. The van der Waals surface area contributed by atoms with Crippen molar-refractivity contribution in [1.29, 1.82) is 0 Å². The van der Waals surface area contributed by atoms with Crippen LogP contribution in [0.2, 0.25) is 0 Å². The SMILES string of the molecule is CCOc1ccc(-c2c(-c3ccccc3)c3ccc(C(=O)OC)cn3c2C(=O)OC)cc1. The zero-order chi connectivity index (χ0) is 22.7. The summed E-state index contributed by atoms with van der Waals surface area (Å²) in [5, 5.41) is 0. The number of methoxy groups -OCH3 is 2. The Bertz CT molecular complexity index is 1270. The first-order valence-corrected chi connectivity index (χ1v) is 10.2. The summed E-state index contributed by atoms with van der Waals surface area (Å²) in [7, 11) is 2.67. The van der Waals surface area contributed by atoms with Gasteiger partial charge in [0.2, 0.25) is 0 Å². The minimum Gasteiger partial charge on any atom is -0.494 e. The molecule has 162 valence electrons. The topological polar surface area (TPSA) is 66.2 Å². The average molecular weight is 429 g/mol. The summed E-state index contributed by atoms with van der Waals surface area (Å²) in [5.41, 5.74) is 4.79. The number of nitrogens with zero attached hydrogens (tertiary/aromatic N) is 1. The van der Waals surface area contributed by atoms with E-state index < -0.39 is 11.9 Å². The highest BCUT2D eigenvalue weighted by molar-refractivity contribution is 6.07. The maximum atomic E-state index is 13.0. The van der Waals surface area contributed by atoms with Gasteiger partial charge < -0.3 is 18.6 Å². The summed E-state index contributed by atoms with van der Waals surface area (Å²) in [6.07, 6.45) is 1.61. The van der Waals surface area contributed by atoms with Crippen LogP contribution in [0.3, 0.4) is 0 Å². The molecule has 0 atom stereocenters. The Balaban J connectivity index is 2.09. The van der Waals surface area contributed by atoms with Crippen LogP contribution in [0.15, 0.2) is 72.9 Å². The quantitative estimate of drug-likeness (QED) is 0.392. The van der Waals surface area contributed by atoms with Gasteiger partial charge in [0.15, 0.2) is 0 Å². The Hall–Kier alpha value is -4.06. The summed E-state index contributed by atoms with van der Waals surface area (Å²) in [4.78, 5) is 25.2. The van der Waals surface area contributed by atoms with Crippen molar-refractivity contribution >= 4 is 17.5 Å². The van der Waals surface area contributed by atoms with E-state index in [4.69, 9.17) is 14.2 Å². The van der Waals surface area contributed by atoms with E-state index in [1.807, 2.05) is 67.6 Å². The molecule has 0 fully saturated rings. The van der Waals surface area contributed by atoms with Crippen molar-refractivity contribution in [1.82, 2.24) is 4.40 Å². The zero-order valence-corrected chi connectivity index (χ0v) is 18.1. The van der Waals surface area contributed by atoms with Crippen LogP contribution in [0, 0.1) is 0 Å². The van der Waals surface area contributed by atoms with E-state index in [1.165, 1.54) is 14.2 Å². The molecule has 2 aromatic carbocycles. The van der Waals surface area contributed by atoms with E-state index in [9.17, 15) is 9.59 Å². The van der Waals surface area contributed by atoms with Gasteiger partial charge in [0.25, 0.3) is 0 Å². The number of hydrogen-bond donors (Lipinski definition) is 0. The Kier molecular flexibility index (Phi) is 5.94. The van der Waals surface area contributed by atoms with Gasteiger partial charge in [-0.3, -0.25) is 0 Å². The number of esters is 2. The van der Waals surface area contributed by atoms with Gasteiger partial charge in [-0.15, -0.1) is 0 Å². The second-order valence-electron chi connectivity index (χ2n) is 7.08. The van der Waals surface area contributed by atoms with E-state index in [1.54, 1.807) is 16.7 Å². The molecule has 0 saturated carbocycles. The van der Waals surface area contributed by atoms with E-state index in [0.717, 1.165) is 28.0 Å². The van der Waals surface area contributed by atoms with Crippen LogP contribution in [0.4, 0.5) is 0 Å². The molecule has 0 bridgehead atoms. The predicted molar refractivity (Wildman–Crippen MR) is 122 cm³/mol. The predicted octanol–water partition coefficient (Wildman–Crippen LogP) is 5.25. The minimum absolute atomic E-state index is 0.330. The number of rotatable bonds is 6. The average Bonchev–Trinajstić information content (AvgIpc) is 3.18. The second kappa shape index (κ2) is 8.98. The van der Waals surface area contributed by atoms with E-state index in [-0.39, 0.29) is 0 Å². The zero-order valence-electron chi connectivity index (χ0n) is 18.1. The molecule has 4 aromatic rings. The monoisotopic (exact) mass is 429 g/mol. The Morgan fingerprint density at radius 1 is 0.781 bits per heavy atom. The highest BCUT2D eigenvalue weighted by atomic mass is 16.5. The third-order valence-corrected chi connectivity index (χ3v) is 5.25. The molecule has 0 aliphatic carbocycles. The molecule has 0 aliphatic rings. The molecular weight excluding hydrogens is 406 g/mol. The standard InChI is InChI=1S/C26H23NO5/c1-4-32-20-13-10-18(11-14-20)23-22(17-8-6-5-7-9-17)21-15-12-19(25(28)30-2)16-27(21)24(23)26(29)31-3/h5-16H,4H2,1-3H3. The first kappa shape index (κ1) is 21.2. The summed E-state index contributed by atoms with van der Waals surface area (Å²) in [5.74, 6) is -0.248. The molecular formula is C26H23NO5. The molecule has 0 radical (unpaired) electrons.